The van der Waals surface area contributed by atoms with Crippen LogP contribution < -0.4 is 10.0 Å². The Hall–Kier alpha value is -2.95. The molecule has 1 saturated carbocycles. The molecule has 0 aliphatic heterocycles. The molecule has 1 amide bonds. The largest absolute Gasteiger partial charge is 0.325 e. The minimum atomic E-state index is -3.59. The molecule has 5 rings (SSSR count). The number of carbonyl (C=O) groups excluding carboxylic acids is 1. The maximum absolute atomic E-state index is 13.0. The van der Waals surface area contributed by atoms with Gasteiger partial charge in [-0.25, -0.2) is 13.1 Å². The van der Waals surface area contributed by atoms with Crippen LogP contribution in [-0.4, -0.2) is 40.2 Å². The first kappa shape index (κ1) is 26.6. The number of benzene rings is 2. The van der Waals surface area contributed by atoms with Gasteiger partial charge in [0.1, 0.15) is 0 Å². The molecule has 2 aromatic heterocycles. The second-order valence-electron chi connectivity index (χ2n) is 10.2. The number of hydrogen-bond acceptors (Lipinski definition) is 6. The first-order valence-corrected chi connectivity index (χ1v) is 15.3. The zero-order chi connectivity index (χ0) is 27.0. The molecule has 1 aliphatic rings. The number of aromatic nitrogens is 3. The summed E-state index contributed by atoms with van der Waals surface area (Å²) >= 11 is 1.34. The van der Waals surface area contributed by atoms with E-state index in [1.54, 1.807) is 12.1 Å². The van der Waals surface area contributed by atoms with Crippen molar-refractivity contribution in [3.63, 3.8) is 0 Å². The van der Waals surface area contributed by atoms with Crippen molar-refractivity contribution < 1.29 is 13.2 Å². The molecule has 0 spiro atoms. The Morgan fingerprint density at radius 3 is 2.42 bits per heavy atom. The second-order valence-corrected chi connectivity index (χ2v) is 13.2. The van der Waals surface area contributed by atoms with Crippen LogP contribution in [0.25, 0.3) is 16.6 Å². The molecule has 38 heavy (non-hydrogen) atoms. The van der Waals surface area contributed by atoms with Crippen LogP contribution in [0.4, 0.5) is 5.69 Å². The van der Waals surface area contributed by atoms with Crippen LogP contribution in [0.2, 0.25) is 0 Å². The lowest BCUT2D eigenvalue weighted by atomic mass is 9.96. The van der Waals surface area contributed by atoms with E-state index in [1.807, 2.05) is 17.4 Å². The Morgan fingerprint density at radius 1 is 1.00 bits per heavy atom. The van der Waals surface area contributed by atoms with Crippen LogP contribution in [0.3, 0.4) is 0 Å². The van der Waals surface area contributed by atoms with Gasteiger partial charge in [0.15, 0.2) is 10.8 Å². The van der Waals surface area contributed by atoms with Gasteiger partial charge in [-0.1, -0.05) is 42.7 Å². The van der Waals surface area contributed by atoms with Gasteiger partial charge >= 0.3 is 0 Å². The third-order valence-electron chi connectivity index (χ3n) is 7.11. The van der Waals surface area contributed by atoms with Crippen LogP contribution in [0.5, 0.6) is 0 Å². The summed E-state index contributed by atoms with van der Waals surface area (Å²) in [4.78, 5) is 13.2. The number of carbonyl (C=O) groups is 1. The molecule has 2 heterocycles. The Labute approximate surface area is 227 Å². The molecule has 1 aliphatic carbocycles. The lowest BCUT2D eigenvalue weighted by Crippen LogP contribution is -2.36. The van der Waals surface area contributed by atoms with Gasteiger partial charge in [0, 0.05) is 17.1 Å². The second kappa shape index (κ2) is 10.7. The lowest BCUT2D eigenvalue weighted by Gasteiger charge is -2.22. The highest BCUT2D eigenvalue weighted by Gasteiger charge is 2.23. The molecule has 0 radical (unpaired) electrons. The third kappa shape index (κ3) is 5.43. The first-order valence-electron chi connectivity index (χ1n) is 13.0. The standard InChI is InChI=1S/C28H33N5O3S2/c1-17-14-19(3)26-24(15-17)18(2)16-25-30-31-28(33(25)26)37-20(4)27(34)29-21-10-12-23(13-11-21)38(35,36)32-22-8-6-5-7-9-22/h10-16,20,22,32H,5-9H2,1-4H3,(H,29,34). The lowest BCUT2D eigenvalue weighted by molar-refractivity contribution is -0.115. The quantitative estimate of drug-likeness (QED) is 0.292. The number of amides is 1. The molecule has 4 aromatic rings. The van der Waals surface area contributed by atoms with Crippen molar-refractivity contribution in [1.29, 1.82) is 0 Å². The number of thioether (sulfide) groups is 1. The van der Waals surface area contributed by atoms with Crippen LogP contribution in [0, 0.1) is 20.8 Å². The molecule has 0 bridgehead atoms. The normalized spacial score (nSPS) is 15.7. The Kier molecular flexibility index (Phi) is 7.48. The predicted molar refractivity (Wildman–Crippen MR) is 152 cm³/mol. The summed E-state index contributed by atoms with van der Waals surface area (Å²) in [7, 11) is -3.59. The molecule has 2 aromatic carbocycles. The number of aryl methyl sites for hydroxylation is 3. The highest BCUT2D eigenvalue weighted by atomic mass is 32.2. The van der Waals surface area contributed by atoms with E-state index in [1.165, 1.54) is 29.5 Å². The van der Waals surface area contributed by atoms with Gasteiger partial charge in [0.2, 0.25) is 15.9 Å². The third-order valence-corrected chi connectivity index (χ3v) is 9.69. The predicted octanol–water partition coefficient (Wildman–Crippen LogP) is 5.54. The van der Waals surface area contributed by atoms with Crippen LogP contribution in [0.1, 0.15) is 55.7 Å². The summed E-state index contributed by atoms with van der Waals surface area (Å²) in [6.45, 7) is 8.05. The van der Waals surface area contributed by atoms with Gasteiger partial charge in [-0.05, 0) is 88.1 Å². The van der Waals surface area contributed by atoms with Crippen molar-refractivity contribution in [2.45, 2.75) is 81.1 Å². The minimum Gasteiger partial charge on any atom is -0.325 e. The average molecular weight is 552 g/mol. The number of nitrogens with one attached hydrogen (secondary N) is 2. The Balaban J connectivity index is 1.30. The summed E-state index contributed by atoms with van der Waals surface area (Å²) in [6, 6.07) is 12.6. The summed E-state index contributed by atoms with van der Waals surface area (Å²) in [6.07, 6.45) is 5.01. The smallest absolute Gasteiger partial charge is 0.240 e. The molecular weight excluding hydrogens is 518 g/mol. The van der Waals surface area contributed by atoms with Gasteiger partial charge in [0.05, 0.1) is 15.7 Å². The van der Waals surface area contributed by atoms with Gasteiger partial charge in [-0.2, -0.15) is 0 Å². The fraction of sp³-hybridized carbons (Fsp3) is 0.393. The van der Waals surface area contributed by atoms with Crippen molar-refractivity contribution >= 4 is 49.9 Å². The molecule has 0 saturated heterocycles. The number of hydrogen-bond donors (Lipinski definition) is 2. The summed E-state index contributed by atoms with van der Waals surface area (Å²) < 4.78 is 30.4. The fourth-order valence-corrected chi connectivity index (χ4v) is 7.34. The number of anilines is 1. The van der Waals surface area contributed by atoms with E-state index in [2.05, 4.69) is 53.1 Å². The summed E-state index contributed by atoms with van der Waals surface area (Å²) in [5, 5.41) is 13.0. The van der Waals surface area contributed by atoms with Crippen LogP contribution in [-0.2, 0) is 14.8 Å². The first-order chi connectivity index (χ1) is 18.1. The minimum absolute atomic E-state index is 0.00640. The number of nitrogens with zero attached hydrogens (tertiary/aromatic N) is 3. The summed E-state index contributed by atoms with van der Waals surface area (Å²) in [5.74, 6) is -0.202. The van der Waals surface area contributed by atoms with Gasteiger partial charge in [-0.15, -0.1) is 10.2 Å². The molecule has 10 heteroatoms. The molecule has 8 nitrogen and oxygen atoms in total. The van der Waals surface area contributed by atoms with Crippen molar-refractivity contribution in [2.75, 3.05) is 5.32 Å². The monoisotopic (exact) mass is 551 g/mol. The van der Waals surface area contributed by atoms with E-state index in [9.17, 15) is 13.2 Å². The van der Waals surface area contributed by atoms with E-state index in [0.717, 1.165) is 59.8 Å². The molecule has 2 N–H and O–H groups in total. The van der Waals surface area contributed by atoms with E-state index >= 15 is 0 Å². The molecule has 1 atom stereocenters. The molecular formula is C28H33N5O3S2. The maximum atomic E-state index is 13.0. The Morgan fingerprint density at radius 2 is 1.71 bits per heavy atom. The van der Waals surface area contributed by atoms with Crippen molar-refractivity contribution in [2.24, 2.45) is 0 Å². The van der Waals surface area contributed by atoms with Gasteiger partial charge < -0.3 is 5.32 Å². The average Bonchev–Trinajstić information content (AvgIpc) is 3.26. The summed E-state index contributed by atoms with van der Waals surface area (Å²) in [5.41, 5.74) is 5.78. The maximum Gasteiger partial charge on any atom is 0.240 e. The Bertz CT molecular complexity index is 1610. The number of sulfonamides is 1. The highest BCUT2D eigenvalue weighted by Crippen LogP contribution is 2.31. The van der Waals surface area contributed by atoms with E-state index in [-0.39, 0.29) is 16.8 Å². The van der Waals surface area contributed by atoms with Crippen molar-refractivity contribution in [3.8, 4) is 0 Å². The van der Waals surface area contributed by atoms with Crippen LogP contribution in [0.15, 0.2) is 52.5 Å². The zero-order valence-electron chi connectivity index (χ0n) is 22.1. The molecule has 1 unspecified atom stereocenters. The highest BCUT2D eigenvalue weighted by molar-refractivity contribution is 8.00. The van der Waals surface area contributed by atoms with E-state index in [4.69, 9.17) is 0 Å². The number of pyridine rings is 1. The topological polar surface area (TPSA) is 105 Å². The molecule has 200 valence electrons. The van der Waals surface area contributed by atoms with Crippen LogP contribution >= 0.6 is 11.8 Å². The fourth-order valence-electron chi connectivity index (χ4n) is 5.17. The van der Waals surface area contributed by atoms with Crippen molar-refractivity contribution in [3.05, 3.63) is 59.2 Å². The van der Waals surface area contributed by atoms with Gasteiger partial charge in [-0.3, -0.25) is 9.20 Å². The SMILES string of the molecule is Cc1cc(C)c2c(c1)c(C)cc1nnc(SC(C)C(=O)Nc3ccc(S(=O)(=O)NC4CCCCC4)cc3)n12. The molecule has 1 fully saturated rings. The number of rotatable bonds is 7. The van der Waals surface area contributed by atoms with E-state index < -0.39 is 15.3 Å². The van der Waals surface area contributed by atoms with Crippen molar-refractivity contribution in [1.82, 2.24) is 19.3 Å². The van der Waals surface area contributed by atoms with E-state index in [0.29, 0.717) is 10.8 Å². The number of fused-ring (bicyclic) bond motifs is 3. The zero-order valence-corrected chi connectivity index (χ0v) is 23.7. The van der Waals surface area contributed by atoms with Gasteiger partial charge in [0.25, 0.3) is 0 Å².